The van der Waals surface area contributed by atoms with Crippen LogP contribution in [-0.2, 0) is 0 Å². The maximum Gasteiger partial charge on any atom is 0.276 e. The van der Waals surface area contributed by atoms with Gasteiger partial charge >= 0.3 is 0 Å². The number of aromatic nitrogens is 4. The van der Waals surface area contributed by atoms with Crippen molar-refractivity contribution in [3.63, 3.8) is 0 Å². The van der Waals surface area contributed by atoms with E-state index in [2.05, 4.69) is 15.2 Å². The summed E-state index contributed by atoms with van der Waals surface area (Å²) >= 11 is 0. The molecule has 3 heterocycles. The second-order valence-electron chi connectivity index (χ2n) is 5.08. The van der Waals surface area contributed by atoms with Gasteiger partial charge in [-0.1, -0.05) is 5.16 Å². The van der Waals surface area contributed by atoms with E-state index in [0.717, 1.165) is 31.0 Å². The molecule has 2 aromatic heterocycles. The smallest absolute Gasteiger partial charge is 0.276 e. The minimum Gasteiger partial charge on any atom is -0.364 e. The number of amides is 1. The first-order chi connectivity index (χ1) is 9.65. The van der Waals surface area contributed by atoms with E-state index in [-0.39, 0.29) is 11.9 Å². The summed E-state index contributed by atoms with van der Waals surface area (Å²) in [6, 6.07) is 1.78. The highest BCUT2D eigenvalue weighted by molar-refractivity contribution is 5.92. The Labute approximate surface area is 116 Å². The van der Waals surface area contributed by atoms with Gasteiger partial charge in [0.15, 0.2) is 5.69 Å². The number of rotatable bonds is 2. The molecule has 0 bridgehead atoms. The van der Waals surface area contributed by atoms with Crippen molar-refractivity contribution in [2.75, 3.05) is 13.1 Å². The van der Waals surface area contributed by atoms with Crippen LogP contribution in [0.1, 0.15) is 41.0 Å². The molecule has 106 valence electrons. The van der Waals surface area contributed by atoms with E-state index in [1.54, 1.807) is 6.07 Å². The molecule has 1 saturated heterocycles. The zero-order chi connectivity index (χ0) is 14.1. The van der Waals surface area contributed by atoms with Gasteiger partial charge in [-0.2, -0.15) is 5.10 Å². The molecule has 1 aliphatic heterocycles. The monoisotopic (exact) mass is 275 g/mol. The van der Waals surface area contributed by atoms with Gasteiger partial charge in [0.2, 0.25) is 0 Å². The fourth-order valence-corrected chi connectivity index (χ4v) is 2.71. The van der Waals surface area contributed by atoms with Crippen LogP contribution >= 0.6 is 0 Å². The van der Waals surface area contributed by atoms with Gasteiger partial charge < -0.3 is 9.42 Å². The number of hydrogen-bond acceptors (Lipinski definition) is 5. The van der Waals surface area contributed by atoms with Crippen molar-refractivity contribution in [1.82, 2.24) is 24.8 Å². The van der Waals surface area contributed by atoms with E-state index >= 15 is 0 Å². The van der Waals surface area contributed by atoms with Gasteiger partial charge in [-0.3, -0.25) is 4.79 Å². The van der Waals surface area contributed by atoms with Gasteiger partial charge in [-0.05, 0) is 26.7 Å². The summed E-state index contributed by atoms with van der Waals surface area (Å²) in [6.45, 7) is 5.20. The van der Waals surface area contributed by atoms with Crippen LogP contribution < -0.4 is 0 Å². The third-order valence-electron chi connectivity index (χ3n) is 3.59. The van der Waals surface area contributed by atoms with E-state index in [4.69, 9.17) is 4.52 Å². The average Bonchev–Trinajstić information content (AvgIpc) is 3.08. The normalized spacial score (nSPS) is 19.3. The molecule has 0 N–H and O–H groups in total. The Bertz CT molecular complexity index is 604. The molecule has 0 radical (unpaired) electrons. The first-order valence-corrected chi connectivity index (χ1v) is 6.74. The maximum atomic E-state index is 12.3. The molecule has 0 aliphatic carbocycles. The Kier molecular flexibility index (Phi) is 3.25. The number of likely N-dealkylation sites (tertiary alicyclic amines) is 1. The minimum atomic E-state index is -0.0852. The first kappa shape index (κ1) is 12.8. The van der Waals surface area contributed by atoms with Gasteiger partial charge in [0, 0.05) is 19.2 Å². The van der Waals surface area contributed by atoms with Gasteiger partial charge in [0.05, 0.1) is 6.04 Å². The lowest BCUT2D eigenvalue weighted by molar-refractivity contribution is 0.0661. The minimum absolute atomic E-state index is 0.0852. The SMILES string of the molecule is Cc1nc(C)n([C@H]2CCCN(C(=O)c3ccon3)C2)n1. The van der Waals surface area contributed by atoms with Crippen molar-refractivity contribution in [3.8, 4) is 0 Å². The molecule has 2 aromatic rings. The lowest BCUT2D eigenvalue weighted by Gasteiger charge is -2.32. The molecule has 3 rings (SSSR count). The van der Waals surface area contributed by atoms with Crippen LogP contribution in [0, 0.1) is 13.8 Å². The molecule has 7 nitrogen and oxygen atoms in total. The third-order valence-corrected chi connectivity index (χ3v) is 3.59. The average molecular weight is 275 g/mol. The van der Waals surface area contributed by atoms with Crippen molar-refractivity contribution >= 4 is 5.91 Å². The van der Waals surface area contributed by atoms with E-state index in [1.807, 2.05) is 23.4 Å². The molecule has 20 heavy (non-hydrogen) atoms. The Balaban J connectivity index is 1.77. The Hall–Kier alpha value is -2.18. The highest BCUT2D eigenvalue weighted by Gasteiger charge is 2.28. The number of aryl methyl sites for hydroxylation is 2. The maximum absolute atomic E-state index is 12.3. The van der Waals surface area contributed by atoms with E-state index < -0.39 is 0 Å². The molecule has 1 atom stereocenters. The largest absolute Gasteiger partial charge is 0.364 e. The summed E-state index contributed by atoms with van der Waals surface area (Å²) in [5.74, 6) is 1.57. The summed E-state index contributed by atoms with van der Waals surface area (Å²) in [6.07, 6.45) is 3.37. The van der Waals surface area contributed by atoms with Crippen molar-refractivity contribution in [2.24, 2.45) is 0 Å². The lowest BCUT2D eigenvalue weighted by atomic mass is 10.1. The van der Waals surface area contributed by atoms with E-state index in [9.17, 15) is 4.79 Å². The molecule has 1 aliphatic rings. The van der Waals surface area contributed by atoms with Gasteiger partial charge in [-0.15, -0.1) is 0 Å². The Morgan fingerprint density at radius 1 is 1.45 bits per heavy atom. The van der Waals surface area contributed by atoms with Crippen LogP contribution in [0.4, 0.5) is 0 Å². The second kappa shape index (κ2) is 5.07. The predicted molar refractivity (Wildman–Crippen MR) is 70.2 cm³/mol. The van der Waals surface area contributed by atoms with Crippen LogP contribution in [0.5, 0.6) is 0 Å². The Morgan fingerprint density at radius 3 is 2.95 bits per heavy atom. The molecule has 0 spiro atoms. The van der Waals surface area contributed by atoms with Crippen molar-refractivity contribution in [1.29, 1.82) is 0 Å². The number of nitrogens with zero attached hydrogens (tertiary/aromatic N) is 5. The van der Waals surface area contributed by atoms with Crippen LogP contribution in [0.15, 0.2) is 16.9 Å². The zero-order valence-electron chi connectivity index (χ0n) is 11.6. The van der Waals surface area contributed by atoms with Crippen LogP contribution in [-0.4, -0.2) is 43.8 Å². The summed E-state index contributed by atoms with van der Waals surface area (Å²) in [4.78, 5) is 18.4. The van der Waals surface area contributed by atoms with E-state index in [1.165, 1.54) is 6.26 Å². The van der Waals surface area contributed by atoms with Crippen molar-refractivity contribution in [2.45, 2.75) is 32.7 Å². The molecule has 0 unspecified atom stereocenters. The summed E-state index contributed by atoms with van der Waals surface area (Å²) in [5.41, 5.74) is 0.358. The van der Waals surface area contributed by atoms with Crippen LogP contribution in [0.3, 0.4) is 0 Å². The van der Waals surface area contributed by atoms with Crippen molar-refractivity contribution < 1.29 is 9.32 Å². The summed E-state index contributed by atoms with van der Waals surface area (Å²) in [5, 5.41) is 8.13. The fraction of sp³-hybridized carbons (Fsp3) is 0.538. The van der Waals surface area contributed by atoms with Gasteiger partial charge in [0.1, 0.15) is 17.9 Å². The van der Waals surface area contributed by atoms with Crippen molar-refractivity contribution in [3.05, 3.63) is 29.7 Å². The highest BCUT2D eigenvalue weighted by Crippen LogP contribution is 2.23. The lowest BCUT2D eigenvalue weighted by Crippen LogP contribution is -2.41. The van der Waals surface area contributed by atoms with Gasteiger partial charge in [0.25, 0.3) is 5.91 Å². The summed E-state index contributed by atoms with van der Waals surface area (Å²) < 4.78 is 6.66. The quantitative estimate of drug-likeness (QED) is 0.827. The summed E-state index contributed by atoms with van der Waals surface area (Å²) in [7, 11) is 0. The molecule has 1 amide bonds. The number of hydrogen-bond donors (Lipinski definition) is 0. The zero-order valence-corrected chi connectivity index (χ0v) is 11.6. The van der Waals surface area contributed by atoms with Crippen LogP contribution in [0.2, 0.25) is 0 Å². The van der Waals surface area contributed by atoms with E-state index in [0.29, 0.717) is 12.2 Å². The Morgan fingerprint density at radius 2 is 2.30 bits per heavy atom. The molecule has 7 heteroatoms. The van der Waals surface area contributed by atoms with Crippen LogP contribution in [0.25, 0.3) is 0 Å². The molecular weight excluding hydrogens is 258 g/mol. The fourth-order valence-electron chi connectivity index (χ4n) is 2.71. The topological polar surface area (TPSA) is 77.0 Å². The molecule has 1 fully saturated rings. The second-order valence-corrected chi connectivity index (χ2v) is 5.08. The standard InChI is InChI=1S/C13H17N5O2/c1-9-14-10(2)18(15-9)11-4-3-6-17(8-11)13(19)12-5-7-20-16-12/h5,7,11H,3-4,6,8H2,1-2H3/t11-/m0/s1. The third kappa shape index (κ3) is 2.31. The number of carbonyl (C=O) groups excluding carboxylic acids is 1. The molecular formula is C13H17N5O2. The van der Waals surface area contributed by atoms with Gasteiger partial charge in [-0.25, -0.2) is 9.67 Å². The first-order valence-electron chi connectivity index (χ1n) is 6.74. The molecule has 0 saturated carbocycles. The number of piperidine rings is 1. The predicted octanol–water partition coefficient (Wildman–Crippen LogP) is 1.36. The molecule has 0 aromatic carbocycles. The number of carbonyl (C=O) groups is 1. The highest BCUT2D eigenvalue weighted by atomic mass is 16.5.